The van der Waals surface area contributed by atoms with Crippen molar-refractivity contribution in [2.75, 3.05) is 26.0 Å². The molecule has 6 heteroatoms. The number of hydrogen-bond acceptors (Lipinski definition) is 5. The van der Waals surface area contributed by atoms with E-state index in [2.05, 4.69) is 0 Å². The number of unbranched alkanes of at least 4 members (excludes halogenated alkanes) is 1. The number of rotatable bonds is 10. The van der Waals surface area contributed by atoms with Crippen molar-refractivity contribution in [1.82, 2.24) is 0 Å². The van der Waals surface area contributed by atoms with E-state index < -0.39 is 7.60 Å². The van der Waals surface area contributed by atoms with Gasteiger partial charge in [-0.1, -0.05) is 0 Å². The molecule has 0 heterocycles. The van der Waals surface area contributed by atoms with Crippen LogP contribution >= 0.6 is 7.60 Å². The molecule has 0 bridgehead atoms. The van der Waals surface area contributed by atoms with Crippen LogP contribution in [0.2, 0.25) is 0 Å². The Balaban J connectivity index is 3.82. The lowest BCUT2D eigenvalue weighted by Gasteiger charge is -2.16. The third-order valence-electron chi connectivity index (χ3n) is 2.02. The molecule has 5 nitrogen and oxygen atoms in total. The van der Waals surface area contributed by atoms with Crippen molar-refractivity contribution >= 4 is 13.6 Å². The fourth-order valence-electron chi connectivity index (χ4n) is 1.37. The predicted octanol–water partition coefficient (Wildman–Crippen LogP) is 2.99. The zero-order chi connectivity index (χ0) is 13.1. The van der Waals surface area contributed by atoms with E-state index >= 15 is 0 Å². The molecule has 0 aliphatic heterocycles. The molecule has 0 aliphatic rings. The number of carbonyl (C=O) groups is 1. The molecule has 0 rings (SSSR count). The van der Waals surface area contributed by atoms with Crippen LogP contribution in [0.15, 0.2) is 0 Å². The lowest BCUT2D eigenvalue weighted by molar-refractivity contribution is -0.143. The zero-order valence-electron chi connectivity index (χ0n) is 10.9. The van der Waals surface area contributed by atoms with E-state index in [0.29, 0.717) is 45.2 Å². The standard InChI is InChI=1S/C11H23O5P/c1-4-14-11(12)9-7-8-10-17(13,15-5-2)16-6-3/h4-10H2,1-3H3. The van der Waals surface area contributed by atoms with Crippen molar-refractivity contribution in [2.24, 2.45) is 0 Å². The first-order valence-corrected chi connectivity index (χ1v) is 7.84. The summed E-state index contributed by atoms with van der Waals surface area (Å²) in [6.45, 7) is 6.48. The monoisotopic (exact) mass is 266 g/mol. The van der Waals surface area contributed by atoms with Crippen LogP contribution < -0.4 is 0 Å². The van der Waals surface area contributed by atoms with Crippen molar-refractivity contribution in [3.05, 3.63) is 0 Å². The van der Waals surface area contributed by atoms with Gasteiger partial charge in [-0.2, -0.15) is 0 Å². The van der Waals surface area contributed by atoms with Gasteiger partial charge in [0.2, 0.25) is 0 Å². The average molecular weight is 266 g/mol. The summed E-state index contributed by atoms with van der Waals surface area (Å²) in [7, 11) is -2.95. The number of ether oxygens (including phenoxy) is 1. The van der Waals surface area contributed by atoms with Crippen LogP contribution in [0, 0.1) is 0 Å². The minimum absolute atomic E-state index is 0.213. The first kappa shape index (κ1) is 16.6. The van der Waals surface area contributed by atoms with Crippen molar-refractivity contribution in [3.63, 3.8) is 0 Å². The number of hydrogen-bond donors (Lipinski definition) is 0. The molecule has 0 aromatic rings. The van der Waals surface area contributed by atoms with Crippen molar-refractivity contribution in [2.45, 2.75) is 40.0 Å². The van der Waals surface area contributed by atoms with E-state index in [4.69, 9.17) is 13.8 Å². The van der Waals surface area contributed by atoms with Crippen molar-refractivity contribution in [3.8, 4) is 0 Å². The Hall–Kier alpha value is -0.380. The molecule has 0 saturated carbocycles. The second-order valence-corrected chi connectivity index (χ2v) is 5.62. The predicted molar refractivity (Wildman–Crippen MR) is 66.2 cm³/mol. The lowest BCUT2D eigenvalue weighted by atomic mass is 10.2. The third kappa shape index (κ3) is 8.36. The van der Waals surface area contributed by atoms with Gasteiger partial charge in [0, 0.05) is 6.42 Å². The molecule has 0 fully saturated rings. The zero-order valence-corrected chi connectivity index (χ0v) is 11.8. The van der Waals surface area contributed by atoms with E-state index in [1.165, 1.54) is 0 Å². The first-order valence-electron chi connectivity index (χ1n) is 6.11. The summed E-state index contributed by atoms with van der Waals surface area (Å²) in [5, 5.41) is 0. The van der Waals surface area contributed by atoms with Crippen LogP contribution in [0.5, 0.6) is 0 Å². The van der Waals surface area contributed by atoms with E-state index in [0.717, 1.165) is 0 Å². The second-order valence-electron chi connectivity index (χ2n) is 3.43. The van der Waals surface area contributed by atoms with Gasteiger partial charge in [0.1, 0.15) is 0 Å². The van der Waals surface area contributed by atoms with Gasteiger partial charge >= 0.3 is 13.6 Å². The smallest absolute Gasteiger partial charge is 0.330 e. The molecule has 0 spiro atoms. The molecule has 0 aliphatic carbocycles. The summed E-state index contributed by atoms with van der Waals surface area (Å²) < 4.78 is 27.1. The molecule has 0 aromatic heterocycles. The molecule has 0 amide bonds. The van der Waals surface area contributed by atoms with Gasteiger partial charge in [-0.05, 0) is 33.6 Å². The maximum Gasteiger partial charge on any atom is 0.330 e. The highest BCUT2D eigenvalue weighted by atomic mass is 31.2. The highest BCUT2D eigenvalue weighted by Crippen LogP contribution is 2.48. The number of esters is 1. The summed E-state index contributed by atoms with van der Waals surface area (Å²) in [4.78, 5) is 11.1. The largest absolute Gasteiger partial charge is 0.466 e. The Labute approximate surface area is 103 Å². The fourth-order valence-corrected chi connectivity index (χ4v) is 3.10. The molecule has 0 N–H and O–H groups in total. The normalized spacial score (nSPS) is 11.5. The SMILES string of the molecule is CCOC(=O)CCCCP(=O)(OCC)OCC. The number of carbonyl (C=O) groups excluding carboxylic acids is 1. The van der Waals surface area contributed by atoms with Gasteiger partial charge in [-0.15, -0.1) is 0 Å². The highest BCUT2D eigenvalue weighted by molar-refractivity contribution is 7.53. The van der Waals surface area contributed by atoms with E-state index in [1.807, 2.05) is 0 Å². The van der Waals surface area contributed by atoms with E-state index in [1.54, 1.807) is 20.8 Å². The molecule has 0 radical (unpaired) electrons. The molecule has 0 unspecified atom stereocenters. The summed E-state index contributed by atoms with van der Waals surface area (Å²) in [5.41, 5.74) is 0. The molecule has 0 aromatic carbocycles. The Morgan fingerprint density at radius 1 is 1.00 bits per heavy atom. The van der Waals surface area contributed by atoms with E-state index in [-0.39, 0.29) is 5.97 Å². The highest BCUT2D eigenvalue weighted by Gasteiger charge is 2.22. The van der Waals surface area contributed by atoms with Gasteiger partial charge < -0.3 is 13.8 Å². The first-order chi connectivity index (χ1) is 8.08. The summed E-state index contributed by atoms with van der Waals surface area (Å²) in [5.74, 6) is -0.213. The second kappa shape index (κ2) is 9.63. The Morgan fingerprint density at radius 3 is 2.06 bits per heavy atom. The maximum atomic E-state index is 12.0. The van der Waals surface area contributed by atoms with Gasteiger partial charge in [0.15, 0.2) is 0 Å². The van der Waals surface area contributed by atoms with Crippen LogP contribution in [0.4, 0.5) is 0 Å². The van der Waals surface area contributed by atoms with Crippen molar-refractivity contribution in [1.29, 1.82) is 0 Å². The maximum absolute atomic E-state index is 12.0. The summed E-state index contributed by atoms with van der Waals surface area (Å²) >= 11 is 0. The van der Waals surface area contributed by atoms with Crippen LogP contribution in [0.1, 0.15) is 40.0 Å². The van der Waals surface area contributed by atoms with Crippen LogP contribution in [0.25, 0.3) is 0 Å². The van der Waals surface area contributed by atoms with Gasteiger partial charge in [0.25, 0.3) is 0 Å². The quantitative estimate of drug-likeness (QED) is 0.345. The summed E-state index contributed by atoms with van der Waals surface area (Å²) in [6.07, 6.45) is 1.99. The van der Waals surface area contributed by atoms with Gasteiger partial charge in [-0.25, -0.2) is 0 Å². The molecule has 102 valence electrons. The Bertz CT molecular complexity index is 244. The molecular formula is C11H23O5P. The minimum Gasteiger partial charge on any atom is -0.466 e. The molecule has 0 saturated heterocycles. The Morgan fingerprint density at radius 2 is 1.59 bits per heavy atom. The lowest BCUT2D eigenvalue weighted by Crippen LogP contribution is -2.05. The molecule has 17 heavy (non-hydrogen) atoms. The molecule has 0 atom stereocenters. The van der Waals surface area contributed by atoms with Crippen LogP contribution in [-0.2, 0) is 23.1 Å². The van der Waals surface area contributed by atoms with Gasteiger partial charge in [-0.3, -0.25) is 9.36 Å². The third-order valence-corrected chi connectivity index (χ3v) is 4.19. The van der Waals surface area contributed by atoms with Crippen LogP contribution in [0.3, 0.4) is 0 Å². The molecular weight excluding hydrogens is 243 g/mol. The topological polar surface area (TPSA) is 61.8 Å². The average Bonchev–Trinajstić information content (AvgIpc) is 2.26. The fraction of sp³-hybridized carbons (Fsp3) is 0.909. The van der Waals surface area contributed by atoms with Crippen LogP contribution in [-0.4, -0.2) is 32.0 Å². The van der Waals surface area contributed by atoms with Crippen molar-refractivity contribution < 1.29 is 23.1 Å². The van der Waals surface area contributed by atoms with E-state index in [9.17, 15) is 9.36 Å². The summed E-state index contributed by atoms with van der Waals surface area (Å²) in [6, 6.07) is 0. The minimum atomic E-state index is -2.95. The Kier molecular flexibility index (Phi) is 9.41. The van der Waals surface area contributed by atoms with Gasteiger partial charge in [0.05, 0.1) is 26.0 Å².